The molecule has 0 fully saturated rings. The van der Waals surface area contributed by atoms with Crippen LogP contribution in [0.15, 0.2) is 0 Å². The maximum absolute atomic E-state index is 12.3. The highest BCUT2D eigenvalue weighted by Crippen LogP contribution is 2.15. The summed E-state index contributed by atoms with van der Waals surface area (Å²) in [4.78, 5) is 24.6. The van der Waals surface area contributed by atoms with E-state index in [1.54, 1.807) is 27.7 Å². The molecule has 5 atom stereocenters. The molecule has 0 spiro atoms. The predicted molar refractivity (Wildman–Crippen MR) is 358 cm³/mol. The van der Waals surface area contributed by atoms with Crippen LogP contribution in [0.4, 0.5) is 0 Å². The fourth-order valence-electron chi connectivity index (χ4n) is 10.9. The third-order valence-electron chi connectivity index (χ3n) is 16.3. The lowest BCUT2D eigenvalue weighted by Crippen LogP contribution is -3.00. The van der Waals surface area contributed by atoms with Crippen LogP contribution >= 0.6 is 0 Å². The molecule has 5 unspecified atom stereocenters. The van der Waals surface area contributed by atoms with Gasteiger partial charge in [0.1, 0.15) is 123 Å². The Kier molecular flexibility index (Phi) is 88.1. The first-order chi connectivity index (χ1) is 39.6. The second kappa shape index (κ2) is 68.1. The van der Waals surface area contributed by atoms with Crippen molar-refractivity contribution in [2.24, 2.45) is 0 Å². The molecule has 0 saturated carbocycles. The molecule has 0 heterocycles. The van der Waals surface area contributed by atoms with Gasteiger partial charge in [-0.25, -0.2) is 9.59 Å². The van der Waals surface area contributed by atoms with Crippen molar-refractivity contribution in [3.63, 3.8) is 0 Å². The maximum Gasteiger partial charge on any atom is 0.361 e. The van der Waals surface area contributed by atoms with Crippen LogP contribution in [-0.2, 0) is 19.1 Å². The number of rotatable bonds is 50. The van der Waals surface area contributed by atoms with Crippen molar-refractivity contribution in [2.75, 3.05) is 250 Å². The van der Waals surface area contributed by atoms with E-state index in [0.717, 1.165) is 97.9 Å². The zero-order valence-electron chi connectivity index (χ0n) is 64.0. The van der Waals surface area contributed by atoms with Gasteiger partial charge in [0.15, 0.2) is 13.1 Å². The third kappa shape index (κ3) is 83.3. The van der Waals surface area contributed by atoms with Gasteiger partial charge >= 0.3 is 11.9 Å². The Bertz CT molecular complexity index is 1480. The van der Waals surface area contributed by atoms with Crippen molar-refractivity contribution < 1.29 is 190 Å². The summed E-state index contributed by atoms with van der Waals surface area (Å²) >= 11 is 0. The molecule has 0 saturated heterocycles. The number of hydrogen-bond acceptors (Lipinski definition) is 11. The number of aliphatic hydroxyl groups is 7. The number of halogens is 8. The molecule has 0 aromatic heterocycles. The summed E-state index contributed by atoms with van der Waals surface area (Å²) in [6.07, 6.45) is 19.2. The van der Waals surface area contributed by atoms with Crippen LogP contribution in [0.5, 0.6) is 0 Å². The van der Waals surface area contributed by atoms with Crippen LogP contribution in [0.3, 0.4) is 0 Å². The third-order valence-corrected chi connectivity index (χ3v) is 16.3. The standard InChI is InChI=1S/C30H62N2O4.C16H38N2O4.C13H32N2O3.C8H22N2.8ClH/c1-7-9-11-13-15-17-19-21-25-35-29(33)27-31(3,4)23-24-32(5,6)28-30(34)36-26-22-20-18-16-14-12-10-8-2;1-13(19)9-17(5,10-14(2)20)7-8-18(6,11-15(3)21)12-16(4)22;1-4-5-14(2,8-11-16)6-7-15(3,9-12-17)10-13-18;1-9(2,3)7-8-10(4,5)6;;;;;;;;/h7-28H2,1-6H3;13-16,19-22H,7-12H2,1-6H3;16-18H,4-13H2,1-3H3;7-8H2,1-6H3;8*1H/q4*+2;;;;;;;;/p-8. The van der Waals surface area contributed by atoms with E-state index in [0.29, 0.717) is 88.0 Å². The molecule has 0 aromatic rings. The number of hydrogen-bond donors (Lipinski definition) is 7. The second-order valence-corrected chi connectivity index (χ2v) is 30.6. The number of aliphatic hydroxyl groups excluding tert-OH is 7. The first-order valence-electron chi connectivity index (χ1n) is 34.1. The highest BCUT2D eigenvalue weighted by atomic mass is 35.5. The summed E-state index contributed by atoms with van der Waals surface area (Å²) in [5.74, 6) is -0.254. The van der Waals surface area contributed by atoms with E-state index in [9.17, 15) is 30.0 Å². The molecule has 0 amide bonds. The zero-order chi connectivity index (χ0) is 67.2. The van der Waals surface area contributed by atoms with Gasteiger partial charge < -0.3 is 180 Å². The Hall–Kier alpha value is 0.660. The smallest absolute Gasteiger partial charge is 0.361 e. The summed E-state index contributed by atoms with van der Waals surface area (Å²) in [5, 5.41) is 66.4. The van der Waals surface area contributed by atoms with Crippen molar-refractivity contribution in [3.8, 4) is 0 Å². The van der Waals surface area contributed by atoms with Gasteiger partial charge in [-0.05, 0) is 47.0 Å². The van der Waals surface area contributed by atoms with Crippen LogP contribution in [0.1, 0.15) is 158 Å². The van der Waals surface area contributed by atoms with E-state index in [-0.39, 0.29) is 131 Å². The quantitative estimate of drug-likeness (QED) is 0.0174. The minimum atomic E-state index is -0.434. The lowest BCUT2D eigenvalue weighted by molar-refractivity contribution is -0.968. The van der Waals surface area contributed by atoms with E-state index in [4.69, 9.17) is 24.8 Å². The fourth-order valence-corrected chi connectivity index (χ4v) is 10.9. The van der Waals surface area contributed by atoms with E-state index in [2.05, 4.69) is 105 Å². The molecule has 584 valence electrons. The van der Waals surface area contributed by atoms with E-state index in [1.807, 2.05) is 14.1 Å². The predicted octanol–water partition coefficient (Wildman–Crippen LogP) is -18.4. The molecule has 0 aromatic carbocycles. The Labute approximate surface area is 629 Å². The largest absolute Gasteiger partial charge is 1.00 e. The molecule has 0 radical (unpaired) electrons. The number of nitrogens with zero attached hydrogens (tertiary/aromatic N) is 8. The van der Waals surface area contributed by atoms with Crippen LogP contribution in [0, 0.1) is 0 Å². The maximum atomic E-state index is 12.3. The normalized spacial score (nSPS) is 14.5. The van der Waals surface area contributed by atoms with Crippen molar-refractivity contribution >= 4 is 11.9 Å². The Morgan fingerprint density at radius 3 is 0.734 bits per heavy atom. The number of quaternary nitrogens is 8. The number of unbranched alkanes of at least 4 members (excludes halogenated alkanes) is 14. The van der Waals surface area contributed by atoms with Gasteiger partial charge in [-0.3, -0.25) is 0 Å². The molecule has 0 rings (SSSR count). The number of carbonyl (C=O) groups is 2. The molecular formula is C67H154Cl8N8O11. The topological polar surface area (TPSA) is 194 Å². The molecule has 0 aliphatic heterocycles. The van der Waals surface area contributed by atoms with Gasteiger partial charge in [0.05, 0.1) is 138 Å². The summed E-state index contributed by atoms with van der Waals surface area (Å²) < 4.78 is 16.9. The molecule has 0 aliphatic carbocycles. The fraction of sp³-hybridized carbons (Fsp3) is 0.970. The zero-order valence-corrected chi connectivity index (χ0v) is 70.0. The van der Waals surface area contributed by atoms with Gasteiger partial charge in [0.25, 0.3) is 0 Å². The highest BCUT2D eigenvalue weighted by Gasteiger charge is 2.34. The minimum absolute atomic E-state index is 0. The van der Waals surface area contributed by atoms with Crippen molar-refractivity contribution in [1.29, 1.82) is 0 Å². The molecule has 94 heavy (non-hydrogen) atoms. The lowest BCUT2D eigenvalue weighted by atomic mass is 10.1. The van der Waals surface area contributed by atoms with Gasteiger partial charge in [-0.2, -0.15) is 0 Å². The van der Waals surface area contributed by atoms with Crippen LogP contribution in [0.2, 0.25) is 0 Å². The average molecular weight is 1530 g/mol. The van der Waals surface area contributed by atoms with Crippen molar-refractivity contribution in [1.82, 2.24) is 0 Å². The number of carbonyl (C=O) groups excluding carboxylic acids is 2. The van der Waals surface area contributed by atoms with Crippen LogP contribution in [-0.4, -0.2) is 357 Å². The van der Waals surface area contributed by atoms with E-state index in [1.165, 1.54) is 90.1 Å². The summed E-state index contributed by atoms with van der Waals surface area (Å²) in [5.41, 5.74) is 0. The van der Waals surface area contributed by atoms with E-state index < -0.39 is 24.4 Å². The van der Waals surface area contributed by atoms with Crippen LogP contribution < -0.4 is 99.3 Å². The molecule has 7 N–H and O–H groups in total. The first kappa shape index (κ1) is 122. The van der Waals surface area contributed by atoms with Gasteiger partial charge in [0.2, 0.25) is 0 Å². The molecule has 0 bridgehead atoms. The average Bonchev–Trinajstić information content (AvgIpc) is 3.55. The lowest BCUT2D eigenvalue weighted by Gasteiger charge is -2.42. The first-order valence-corrected chi connectivity index (χ1v) is 34.1. The second-order valence-electron chi connectivity index (χ2n) is 30.6. The minimum Gasteiger partial charge on any atom is -1.00 e. The van der Waals surface area contributed by atoms with Crippen molar-refractivity contribution in [2.45, 2.75) is 182 Å². The van der Waals surface area contributed by atoms with E-state index >= 15 is 0 Å². The monoisotopic (exact) mass is 1530 g/mol. The number of likely N-dealkylation sites (N-methyl/N-ethyl adjacent to an activating group) is 8. The molecule has 0 aliphatic rings. The Morgan fingerprint density at radius 1 is 0.298 bits per heavy atom. The van der Waals surface area contributed by atoms with Crippen molar-refractivity contribution in [3.05, 3.63) is 0 Å². The molecule has 19 nitrogen and oxygen atoms in total. The highest BCUT2D eigenvalue weighted by molar-refractivity contribution is 5.70. The summed E-state index contributed by atoms with van der Waals surface area (Å²) in [6.45, 7) is 28.9. The number of ether oxygens (including phenoxy) is 2. The Morgan fingerprint density at radius 2 is 0.521 bits per heavy atom. The molecule has 27 heteroatoms. The summed E-state index contributed by atoms with van der Waals surface area (Å²) in [6, 6.07) is 0. The van der Waals surface area contributed by atoms with Crippen LogP contribution in [0.25, 0.3) is 0 Å². The molecular weight excluding hydrogens is 1380 g/mol. The summed E-state index contributed by atoms with van der Waals surface area (Å²) in [7, 11) is 29.9. The Balaban J connectivity index is -0.000000101. The van der Waals surface area contributed by atoms with Gasteiger partial charge in [0, 0.05) is 0 Å². The van der Waals surface area contributed by atoms with Gasteiger partial charge in [-0.1, -0.05) is 111 Å². The van der Waals surface area contributed by atoms with Gasteiger partial charge in [-0.15, -0.1) is 0 Å². The SMILES string of the molecule is CC(O)C[N+](C)(CC[N+](C)(CC(C)O)CC(C)O)CC(C)O.CCCCCCCCCCOC(=O)C[N+](C)(C)CC[N+](C)(C)CC(=O)OCCCCCCCCCC.CCC[N+](C)(CCO)CC[N+](C)(CCO)CCO.C[N+](C)(C)CC[N+](C)(C)C.[Cl-].[Cl-].[Cl-].[Cl-].[Cl-].[Cl-].[Cl-].[Cl-]. The number of esters is 2.